The average Bonchev–Trinajstić information content (AvgIpc) is 2.98. The maximum Gasteiger partial charge on any atom is 0.410 e. The fourth-order valence-corrected chi connectivity index (χ4v) is 2.86. The summed E-state index contributed by atoms with van der Waals surface area (Å²) in [5, 5.41) is 4.46. The van der Waals surface area contributed by atoms with Crippen molar-refractivity contribution >= 4 is 12.1 Å². The van der Waals surface area contributed by atoms with E-state index in [-0.39, 0.29) is 18.7 Å². The first-order chi connectivity index (χ1) is 12.8. The quantitative estimate of drug-likeness (QED) is 0.769. The van der Waals surface area contributed by atoms with Gasteiger partial charge in [-0.25, -0.2) is 9.59 Å². The van der Waals surface area contributed by atoms with E-state index in [9.17, 15) is 9.59 Å². The van der Waals surface area contributed by atoms with E-state index in [4.69, 9.17) is 9.47 Å². The van der Waals surface area contributed by atoms with Crippen molar-refractivity contribution in [3.63, 3.8) is 0 Å². The van der Waals surface area contributed by atoms with Gasteiger partial charge in [-0.3, -0.25) is 4.68 Å². The Balaban J connectivity index is 1.78. The van der Waals surface area contributed by atoms with Crippen LogP contribution < -0.4 is 0 Å². The summed E-state index contributed by atoms with van der Waals surface area (Å²) in [7, 11) is 0. The van der Waals surface area contributed by atoms with E-state index >= 15 is 0 Å². The Hall–Kier alpha value is -2.83. The molecule has 27 heavy (non-hydrogen) atoms. The molecule has 0 unspecified atom stereocenters. The van der Waals surface area contributed by atoms with Crippen LogP contribution in [0.25, 0.3) is 11.1 Å². The van der Waals surface area contributed by atoms with Crippen LogP contribution in [0.15, 0.2) is 36.5 Å². The molecule has 0 saturated carbocycles. The molecule has 1 aliphatic heterocycles. The zero-order valence-corrected chi connectivity index (χ0v) is 16.1. The molecule has 1 amide bonds. The molecule has 0 bridgehead atoms. The normalized spacial score (nSPS) is 14.6. The third-order valence-corrected chi connectivity index (χ3v) is 4.17. The van der Waals surface area contributed by atoms with Crippen LogP contribution >= 0.6 is 0 Å². The molecular formula is C20H25N3O4. The smallest absolute Gasteiger partial charge is 0.410 e. The molecule has 1 saturated heterocycles. The lowest BCUT2D eigenvalue weighted by molar-refractivity contribution is -0.000559. The molecule has 1 aromatic carbocycles. The van der Waals surface area contributed by atoms with Crippen LogP contribution in [-0.4, -0.2) is 52.0 Å². The molecule has 0 spiro atoms. The Bertz CT molecular complexity index is 817. The second-order valence-electron chi connectivity index (χ2n) is 7.50. The molecule has 1 aliphatic rings. The molecule has 0 atom stereocenters. The standard InChI is InChI=1S/C20H25N3O4/c1-5-26-18(24)17-16(14-9-7-6-8-10-14)13-23(21-17)15-11-22(12-15)19(25)27-20(2,3)4/h6-10,13,15H,5,11-12H2,1-4H3. The zero-order valence-electron chi connectivity index (χ0n) is 16.1. The summed E-state index contributed by atoms with van der Waals surface area (Å²) in [6, 6.07) is 9.60. The summed E-state index contributed by atoms with van der Waals surface area (Å²) in [5.41, 5.74) is 1.39. The van der Waals surface area contributed by atoms with Crippen LogP contribution in [0.5, 0.6) is 0 Å². The number of hydrogen-bond donors (Lipinski definition) is 0. The molecule has 144 valence electrons. The second-order valence-corrected chi connectivity index (χ2v) is 7.50. The molecule has 0 radical (unpaired) electrons. The minimum Gasteiger partial charge on any atom is -0.461 e. The predicted molar refractivity (Wildman–Crippen MR) is 100 cm³/mol. The molecule has 3 rings (SSSR count). The van der Waals surface area contributed by atoms with E-state index in [0.29, 0.717) is 18.8 Å². The third kappa shape index (κ3) is 4.30. The Morgan fingerprint density at radius 1 is 1.19 bits per heavy atom. The predicted octanol–water partition coefficient (Wildman–Crippen LogP) is 3.52. The minimum absolute atomic E-state index is 0.00292. The summed E-state index contributed by atoms with van der Waals surface area (Å²) in [4.78, 5) is 26.1. The Morgan fingerprint density at radius 2 is 1.85 bits per heavy atom. The highest BCUT2D eigenvalue weighted by atomic mass is 16.6. The van der Waals surface area contributed by atoms with Gasteiger partial charge >= 0.3 is 12.1 Å². The lowest BCUT2D eigenvalue weighted by Gasteiger charge is -2.39. The van der Waals surface area contributed by atoms with E-state index in [2.05, 4.69) is 5.10 Å². The topological polar surface area (TPSA) is 73.7 Å². The van der Waals surface area contributed by atoms with Crippen molar-refractivity contribution in [3.8, 4) is 11.1 Å². The highest BCUT2D eigenvalue weighted by Crippen LogP contribution is 2.29. The fraction of sp³-hybridized carbons (Fsp3) is 0.450. The van der Waals surface area contributed by atoms with E-state index in [1.807, 2.05) is 57.3 Å². The molecular weight excluding hydrogens is 346 g/mol. The van der Waals surface area contributed by atoms with Gasteiger partial charge < -0.3 is 14.4 Å². The maximum absolute atomic E-state index is 12.3. The Morgan fingerprint density at radius 3 is 2.44 bits per heavy atom. The van der Waals surface area contributed by atoms with Crippen molar-refractivity contribution in [1.29, 1.82) is 0 Å². The van der Waals surface area contributed by atoms with Gasteiger partial charge in [-0.2, -0.15) is 5.10 Å². The summed E-state index contributed by atoms with van der Waals surface area (Å²) < 4.78 is 12.3. The summed E-state index contributed by atoms with van der Waals surface area (Å²) in [6.45, 7) is 8.56. The monoisotopic (exact) mass is 371 g/mol. The number of benzene rings is 1. The number of esters is 1. The molecule has 2 heterocycles. The van der Waals surface area contributed by atoms with Crippen molar-refractivity contribution in [2.24, 2.45) is 0 Å². The van der Waals surface area contributed by atoms with Crippen LogP contribution in [0.2, 0.25) is 0 Å². The first-order valence-electron chi connectivity index (χ1n) is 9.08. The Labute approximate surface area is 158 Å². The molecule has 1 aromatic heterocycles. The van der Waals surface area contributed by atoms with E-state index in [0.717, 1.165) is 11.1 Å². The summed E-state index contributed by atoms with van der Waals surface area (Å²) in [6.07, 6.45) is 1.51. The van der Waals surface area contributed by atoms with Crippen molar-refractivity contribution in [2.45, 2.75) is 39.3 Å². The van der Waals surface area contributed by atoms with Gasteiger partial charge in [-0.15, -0.1) is 0 Å². The van der Waals surface area contributed by atoms with Gasteiger partial charge in [0.1, 0.15) is 5.60 Å². The largest absolute Gasteiger partial charge is 0.461 e. The second kappa shape index (κ2) is 7.42. The van der Waals surface area contributed by atoms with Gasteiger partial charge in [-0.05, 0) is 33.3 Å². The van der Waals surface area contributed by atoms with Crippen LogP contribution in [0.4, 0.5) is 4.79 Å². The number of likely N-dealkylation sites (tertiary alicyclic amines) is 1. The Kier molecular flexibility index (Phi) is 5.21. The molecule has 2 aromatic rings. The van der Waals surface area contributed by atoms with Crippen LogP contribution in [0.3, 0.4) is 0 Å². The van der Waals surface area contributed by atoms with E-state index in [1.54, 1.807) is 16.5 Å². The highest BCUT2D eigenvalue weighted by Gasteiger charge is 2.36. The van der Waals surface area contributed by atoms with Gasteiger partial charge in [0, 0.05) is 24.8 Å². The van der Waals surface area contributed by atoms with Crippen molar-refractivity contribution in [1.82, 2.24) is 14.7 Å². The van der Waals surface area contributed by atoms with Crippen LogP contribution in [-0.2, 0) is 9.47 Å². The average molecular weight is 371 g/mol. The molecule has 0 N–H and O–H groups in total. The molecule has 7 nitrogen and oxygen atoms in total. The first-order valence-corrected chi connectivity index (χ1v) is 9.08. The van der Waals surface area contributed by atoms with Gasteiger partial charge in [0.25, 0.3) is 0 Å². The summed E-state index contributed by atoms with van der Waals surface area (Å²) >= 11 is 0. The van der Waals surface area contributed by atoms with E-state index < -0.39 is 11.6 Å². The fourth-order valence-electron chi connectivity index (χ4n) is 2.86. The van der Waals surface area contributed by atoms with Gasteiger partial charge in [-0.1, -0.05) is 30.3 Å². The highest BCUT2D eigenvalue weighted by molar-refractivity contribution is 5.95. The van der Waals surface area contributed by atoms with Crippen molar-refractivity contribution < 1.29 is 19.1 Å². The number of amides is 1. The number of carbonyl (C=O) groups is 2. The molecule has 1 fully saturated rings. The van der Waals surface area contributed by atoms with Crippen LogP contribution in [0, 0.1) is 0 Å². The maximum atomic E-state index is 12.3. The van der Waals surface area contributed by atoms with Gasteiger partial charge in [0.05, 0.1) is 12.6 Å². The van der Waals surface area contributed by atoms with Gasteiger partial charge in [0.2, 0.25) is 0 Å². The minimum atomic E-state index is -0.522. The number of aromatic nitrogens is 2. The summed E-state index contributed by atoms with van der Waals surface area (Å²) in [5.74, 6) is -0.446. The molecule has 0 aliphatic carbocycles. The van der Waals surface area contributed by atoms with Crippen LogP contribution in [0.1, 0.15) is 44.2 Å². The zero-order chi connectivity index (χ0) is 19.6. The SMILES string of the molecule is CCOC(=O)c1nn(C2CN(C(=O)OC(C)(C)C)C2)cc1-c1ccccc1. The third-order valence-electron chi connectivity index (χ3n) is 4.17. The molecule has 7 heteroatoms. The van der Waals surface area contributed by atoms with E-state index in [1.165, 1.54) is 0 Å². The lowest BCUT2D eigenvalue weighted by atomic mass is 10.1. The lowest BCUT2D eigenvalue weighted by Crippen LogP contribution is -2.52. The number of rotatable bonds is 4. The first kappa shape index (κ1) is 18.9. The number of nitrogens with zero attached hydrogens (tertiary/aromatic N) is 3. The number of hydrogen-bond acceptors (Lipinski definition) is 5. The number of ether oxygens (including phenoxy) is 2. The van der Waals surface area contributed by atoms with Crippen molar-refractivity contribution in [3.05, 3.63) is 42.2 Å². The number of carbonyl (C=O) groups excluding carboxylic acids is 2. The van der Waals surface area contributed by atoms with Crippen molar-refractivity contribution in [2.75, 3.05) is 19.7 Å². The van der Waals surface area contributed by atoms with Gasteiger partial charge in [0.15, 0.2) is 5.69 Å².